The minimum absolute atomic E-state index is 0. The van der Waals surface area contributed by atoms with Gasteiger partial charge in [0, 0.05) is 19.1 Å². The number of benzene rings is 2. The van der Waals surface area contributed by atoms with Crippen molar-refractivity contribution >= 4 is 35.1 Å². The second kappa shape index (κ2) is 10.3. The number of ether oxygens (including phenoxy) is 1. The van der Waals surface area contributed by atoms with E-state index in [1.165, 1.54) is 12.1 Å². The smallest absolute Gasteiger partial charge is 0.273 e. The van der Waals surface area contributed by atoms with Crippen LogP contribution >= 0.6 is 24.2 Å². The maximum Gasteiger partial charge on any atom is 0.273 e. The van der Waals surface area contributed by atoms with E-state index in [9.17, 15) is 13.6 Å². The summed E-state index contributed by atoms with van der Waals surface area (Å²) in [6.45, 7) is 1.71. The fraction of sp³-hybridized carbons (Fsp3) is 0.300. The molecule has 0 unspecified atom stereocenters. The molecule has 0 aliphatic carbocycles. The average molecular weight is 458 g/mol. The van der Waals surface area contributed by atoms with Crippen LogP contribution in [0.5, 0.6) is 0 Å². The summed E-state index contributed by atoms with van der Waals surface area (Å²) in [5.74, 6) is 3.60. The number of rotatable bonds is 7. The van der Waals surface area contributed by atoms with Gasteiger partial charge in [0.2, 0.25) is 0 Å². The summed E-state index contributed by atoms with van der Waals surface area (Å²) in [5.41, 5.74) is 0.721. The molecular weight excluding hydrogens is 436 g/mol. The van der Waals surface area contributed by atoms with Crippen LogP contribution in [0.2, 0.25) is 0 Å². The number of hydrazone groups is 1. The Morgan fingerprint density at radius 3 is 2.60 bits per heavy atom. The van der Waals surface area contributed by atoms with Crippen LogP contribution in [0.4, 0.5) is 8.78 Å². The van der Waals surface area contributed by atoms with Crippen molar-refractivity contribution in [3.63, 3.8) is 0 Å². The molecule has 1 aliphatic heterocycles. The number of carbonyl (C=O) groups is 1. The molecule has 1 amide bonds. The van der Waals surface area contributed by atoms with Gasteiger partial charge in [-0.1, -0.05) is 42.1 Å². The lowest BCUT2D eigenvalue weighted by molar-refractivity contribution is -0.145. The highest BCUT2D eigenvalue weighted by atomic mass is 35.5. The Morgan fingerprint density at radius 2 is 1.97 bits per heavy atom. The second-order valence-corrected chi connectivity index (χ2v) is 7.70. The third-order valence-corrected chi connectivity index (χ3v) is 6.10. The molecule has 10 heteroatoms. The third-order valence-electron chi connectivity index (χ3n) is 4.65. The van der Waals surface area contributed by atoms with Crippen molar-refractivity contribution in [1.82, 2.24) is 5.01 Å². The number of nitrogens with two attached hydrogens (primary N) is 1. The number of hydrogen-bond acceptors (Lipinski definition) is 6. The SMILES string of the molecule is CO[C@@H](C)C(=O)N1N=C(c2cc(F)ccc2F)S[C@@]1(CCON)c1ccccc1.Cl. The Morgan fingerprint density at radius 1 is 1.27 bits per heavy atom. The summed E-state index contributed by atoms with van der Waals surface area (Å²) >= 11 is 1.15. The predicted molar refractivity (Wildman–Crippen MR) is 114 cm³/mol. The van der Waals surface area contributed by atoms with Crippen molar-refractivity contribution in [1.29, 1.82) is 0 Å². The topological polar surface area (TPSA) is 77.1 Å². The average Bonchev–Trinajstić information content (AvgIpc) is 3.14. The zero-order chi connectivity index (χ0) is 21.0. The highest BCUT2D eigenvalue weighted by Crippen LogP contribution is 2.50. The fourth-order valence-corrected chi connectivity index (χ4v) is 4.41. The summed E-state index contributed by atoms with van der Waals surface area (Å²) in [6, 6.07) is 12.3. The van der Waals surface area contributed by atoms with Gasteiger partial charge in [-0.3, -0.25) is 4.79 Å². The molecule has 2 N–H and O–H groups in total. The number of halogens is 3. The highest BCUT2D eigenvalue weighted by molar-refractivity contribution is 8.15. The Balaban J connectivity index is 0.00000320. The number of hydrogen-bond donors (Lipinski definition) is 1. The van der Waals surface area contributed by atoms with Crippen molar-refractivity contribution in [2.24, 2.45) is 11.0 Å². The quantitative estimate of drug-likeness (QED) is 0.640. The van der Waals surface area contributed by atoms with Gasteiger partial charge in [-0.05, 0) is 30.7 Å². The van der Waals surface area contributed by atoms with E-state index in [4.69, 9.17) is 15.5 Å². The fourth-order valence-electron chi connectivity index (χ4n) is 3.04. The summed E-state index contributed by atoms with van der Waals surface area (Å²) < 4.78 is 33.4. The largest absolute Gasteiger partial charge is 0.372 e. The first-order valence-electron chi connectivity index (χ1n) is 8.90. The van der Waals surface area contributed by atoms with Crippen molar-refractivity contribution in [3.8, 4) is 0 Å². The molecule has 6 nitrogen and oxygen atoms in total. The van der Waals surface area contributed by atoms with Crippen LogP contribution in [0, 0.1) is 11.6 Å². The molecule has 0 saturated heterocycles. The number of amides is 1. The molecule has 1 heterocycles. The van der Waals surface area contributed by atoms with Crippen LogP contribution in [0.15, 0.2) is 53.6 Å². The van der Waals surface area contributed by atoms with E-state index in [2.05, 4.69) is 5.10 Å². The van der Waals surface area contributed by atoms with Crippen LogP contribution in [-0.2, 0) is 19.2 Å². The van der Waals surface area contributed by atoms with Gasteiger partial charge in [0.05, 0.1) is 6.61 Å². The summed E-state index contributed by atoms with van der Waals surface area (Å²) in [6.07, 6.45) is -0.525. The summed E-state index contributed by atoms with van der Waals surface area (Å²) in [4.78, 5) is 16.8. The Bertz CT molecular complexity index is 919. The van der Waals surface area contributed by atoms with Crippen molar-refractivity contribution in [2.75, 3.05) is 13.7 Å². The maximum absolute atomic E-state index is 14.4. The Kier molecular flexibility index (Phi) is 8.34. The molecule has 0 fully saturated rings. The lowest BCUT2D eigenvalue weighted by atomic mass is 10.0. The predicted octanol–water partition coefficient (Wildman–Crippen LogP) is 3.79. The molecule has 0 aromatic heterocycles. The van der Waals surface area contributed by atoms with E-state index in [0.717, 1.165) is 35.5 Å². The second-order valence-electron chi connectivity index (χ2n) is 6.43. The third kappa shape index (κ3) is 4.65. The zero-order valence-corrected chi connectivity index (χ0v) is 18.0. The summed E-state index contributed by atoms with van der Waals surface area (Å²) in [5, 5.41) is 5.84. The van der Waals surface area contributed by atoms with Crippen molar-refractivity contribution in [3.05, 3.63) is 71.3 Å². The van der Waals surface area contributed by atoms with E-state index in [1.54, 1.807) is 6.92 Å². The van der Waals surface area contributed by atoms with E-state index < -0.39 is 28.5 Å². The van der Waals surface area contributed by atoms with Gasteiger partial charge >= 0.3 is 0 Å². The first-order chi connectivity index (χ1) is 13.9. The molecule has 2 aromatic carbocycles. The molecule has 3 rings (SSSR count). The molecule has 0 spiro atoms. The lowest BCUT2D eigenvalue weighted by Gasteiger charge is -2.36. The van der Waals surface area contributed by atoms with Gasteiger partial charge in [-0.2, -0.15) is 5.10 Å². The lowest BCUT2D eigenvalue weighted by Crippen LogP contribution is -2.46. The summed E-state index contributed by atoms with van der Waals surface area (Å²) in [7, 11) is 1.41. The standard InChI is InChI=1S/C20H21F2N3O3S.ClH/c1-13(27-2)19(26)25-20(10-11-28-23,14-6-4-3-5-7-14)29-18(24-25)16-12-15(21)8-9-17(16)22;/h3-9,12-13H,10-11,23H2,1-2H3;1H/t13-,20-;/m0./s1. The molecule has 30 heavy (non-hydrogen) atoms. The van der Waals surface area contributed by atoms with E-state index >= 15 is 0 Å². The zero-order valence-electron chi connectivity index (χ0n) is 16.4. The van der Waals surface area contributed by atoms with Crippen molar-refractivity contribution in [2.45, 2.75) is 24.3 Å². The van der Waals surface area contributed by atoms with Gasteiger partial charge < -0.3 is 9.57 Å². The molecule has 1 aliphatic rings. The van der Waals surface area contributed by atoms with Gasteiger partial charge in [0.25, 0.3) is 5.91 Å². The monoisotopic (exact) mass is 457 g/mol. The van der Waals surface area contributed by atoms with Gasteiger partial charge in [0.1, 0.15) is 27.7 Å². The molecule has 0 bridgehead atoms. The Labute approximate surface area is 183 Å². The number of methoxy groups -OCH3 is 1. The first kappa shape index (κ1) is 24.2. The highest BCUT2D eigenvalue weighted by Gasteiger charge is 2.49. The van der Waals surface area contributed by atoms with Gasteiger partial charge in [-0.25, -0.2) is 19.7 Å². The maximum atomic E-state index is 14.4. The van der Waals surface area contributed by atoms with E-state index in [-0.39, 0.29) is 36.0 Å². The van der Waals surface area contributed by atoms with E-state index in [1.807, 2.05) is 30.3 Å². The number of thioether (sulfide) groups is 1. The minimum Gasteiger partial charge on any atom is -0.372 e. The molecule has 2 atom stereocenters. The van der Waals surface area contributed by atoms with Crippen LogP contribution in [0.1, 0.15) is 24.5 Å². The van der Waals surface area contributed by atoms with Gasteiger partial charge in [-0.15, -0.1) is 12.4 Å². The number of carbonyl (C=O) groups excluding carboxylic acids is 1. The van der Waals surface area contributed by atoms with Crippen LogP contribution in [0.25, 0.3) is 0 Å². The molecular formula is C20H22ClF2N3O3S. The van der Waals surface area contributed by atoms with Crippen LogP contribution < -0.4 is 5.90 Å². The van der Waals surface area contributed by atoms with Gasteiger partial charge in [0.15, 0.2) is 0 Å². The van der Waals surface area contributed by atoms with Crippen LogP contribution in [0.3, 0.4) is 0 Å². The molecule has 0 radical (unpaired) electrons. The number of nitrogens with zero attached hydrogens (tertiary/aromatic N) is 2. The Hall–Kier alpha value is -2.04. The first-order valence-corrected chi connectivity index (χ1v) is 9.71. The molecule has 162 valence electrons. The van der Waals surface area contributed by atoms with Crippen LogP contribution in [-0.4, -0.2) is 35.8 Å². The molecule has 0 saturated carbocycles. The normalized spacial score (nSPS) is 19.2. The molecule has 2 aromatic rings. The minimum atomic E-state index is -1.06. The van der Waals surface area contributed by atoms with Crippen molar-refractivity contribution < 1.29 is 23.1 Å². The van der Waals surface area contributed by atoms with E-state index in [0.29, 0.717) is 0 Å².